The first-order valence-corrected chi connectivity index (χ1v) is 6.23. The number of fused-ring (bicyclic) bond motifs is 1. The van der Waals surface area contributed by atoms with Gasteiger partial charge in [-0.3, -0.25) is 9.59 Å². The highest BCUT2D eigenvalue weighted by molar-refractivity contribution is 7.90. The molecule has 1 amide bonds. The number of Topliss-reactive ketones (excluding diaryl/α,β-unsaturated/α-hetero) is 1. The zero-order valence-electron chi connectivity index (χ0n) is 8.98. The number of ketones is 1. The van der Waals surface area contributed by atoms with E-state index in [-0.39, 0.29) is 21.6 Å². The Hall–Kier alpha value is -1.95. The molecule has 1 N–H and O–H groups in total. The molecule has 17 heavy (non-hydrogen) atoms. The van der Waals surface area contributed by atoms with Gasteiger partial charge in [-0.2, -0.15) is 0 Å². The summed E-state index contributed by atoms with van der Waals surface area (Å²) in [5, 5.41) is 0. The van der Waals surface area contributed by atoms with E-state index >= 15 is 0 Å². The Balaban J connectivity index is 2.79. The Morgan fingerprint density at radius 1 is 1.35 bits per heavy atom. The van der Waals surface area contributed by atoms with Crippen LogP contribution in [-0.2, 0) is 10.0 Å². The number of rotatable bonds is 2. The first-order chi connectivity index (χ1) is 7.84. The zero-order chi connectivity index (χ0) is 12.8. The average Bonchev–Trinajstić information content (AvgIpc) is 2.48. The van der Waals surface area contributed by atoms with Crippen LogP contribution >= 0.6 is 0 Å². The molecule has 0 aliphatic carbocycles. The molecule has 0 saturated heterocycles. The quantitative estimate of drug-likeness (QED) is 0.625. The molecule has 0 fully saturated rings. The minimum absolute atomic E-state index is 0.00269. The lowest BCUT2D eigenvalue weighted by molar-refractivity contribution is 0.0985. The van der Waals surface area contributed by atoms with E-state index in [9.17, 15) is 18.0 Å². The molecular formula is C11H9NO4S. The van der Waals surface area contributed by atoms with E-state index in [2.05, 4.69) is 6.58 Å². The van der Waals surface area contributed by atoms with Crippen LogP contribution in [0.1, 0.15) is 27.6 Å². The molecule has 6 heteroatoms. The number of hydrogen-bond acceptors (Lipinski definition) is 4. The first-order valence-electron chi connectivity index (χ1n) is 4.75. The highest BCUT2D eigenvalue weighted by Crippen LogP contribution is 2.27. The SMILES string of the molecule is C=C(C)C(=O)c1cccc2c1S(=O)(=O)NC2=O. The van der Waals surface area contributed by atoms with Crippen LogP contribution in [0.25, 0.3) is 0 Å². The molecule has 88 valence electrons. The van der Waals surface area contributed by atoms with E-state index in [4.69, 9.17) is 0 Å². The molecule has 2 rings (SSSR count). The summed E-state index contributed by atoms with van der Waals surface area (Å²) < 4.78 is 25.2. The maximum Gasteiger partial charge on any atom is 0.266 e. The van der Waals surface area contributed by atoms with E-state index in [1.165, 1.54) is 25.1 Å². The van der Waals surface area contributed by atoms with Crippen LogP contribution in [0.4, 0.5) is 0 Å². The fourth-order valence-corrected chi connectivity index (χ4v) is 3.00. The summed E-state index contributed by atoms with van der Waals surface area (Å²) in [6.45, 7) is 4.96. The van der Waals surface area contributed by atoms with E-state index < -0.39 is 21.7 Å². The van der Waals surface area contributed by atoms with Gasteiger partial charge in [0, 0.05) is 5.56 Å². The van der Waals surface area contributed by atoms with E-state index in [0.717, 1.165) is 0 Å². The van der Waals surface area contributed by atoms with Crippen LogP contribution in [0.3, 0.4) is 0 Å². The van der Waals surface area contributed by atoms with Gasteiger partial charge in [0.25, 0.3) is 15.9 Å². The van der Waals surface area contributed by atoms with Crippen LogP contribution in [0.2, 0.25) is 0 Å². The van der Waals surface area contributed by atoms with Crippen molar-refractivity contribution in [2.75, 3.05) is 0 Å². The minimum Gasteiger partial charge on any atom is -0.289 e. The molecule has 1 heterocycles. The van der Waals surface area contributed by atoms with Crippen LogP contribution in [0.15, 0.2) is 35.2 Å². The lowest BCUT2D eigenvalue weighted by atomic mass is 10.0. The standard InChI is InChI=1S/C11H9NO4S/c1-6(2)9(13)7-4-3-5-8-10(7)17(15,16)12-11(8)14/h3-5H,1H2,2H3,(H,12,14). The molecule has 1 aliphatic rings. The first kappa shape index (κ1) is 11.5. The molecular weight excluding hydrogens is 242 g/mol. The third kappa shape index (κ3) is 1.66. The smallest absolute Gasteiger partial charge is 0.266 e. The van der Waals surface area contributed by atoms with Gasteiger partial charge in [0.15, 0.2) is 5.78 Å². The summed E-state index contributed by atoms with van der Waals surface area (Å²) in [4.78, 5) is 22.9. The monoisotopic (exact) mass is 251 g/mol. The van der Waals surface area contributed by atoms with Crippen molar-refractivity contribution in [1.29, 1.82) is 0 Å². The van der Waals surface area contributed by atoms with Crippen molar-refractivity contribution in [2.24, 2.45) is 0 Å². The van der Waals surface area contributed by atoms with Crippen LogP contribution in [0, 0.1) is 0 Å². The molecule has 0 atom stereocenters. The summed E-state index contributed by atoms with van der Waals surface area (Å²) >= 11 is 0. The summed E-state index contributed by atoms with van der Waals surface area (Å²) in [6.07, 6.45) is 0. The van der Waals surface area contributed by atoms with Crippen molar-refractivity contribution in [1.82, 2.24) is 4.72 Å². The van der Waals surface area contributed by atoms with Crippen molar-refractivity contribution in [3.8, 4) is 0 Å². The van der Waals surface area contributed by atoms with Gasteiger partial charge in [-0.1, -0.05) is 12.6 Å². The Bertz CT molecular complexity index is 658. The molecule has 1 aromatic carbocycles. The average molecular weight is 251 g/mol. The van der Waals surface area contributed by atoms with E-state index in [1.54, 1.807) is 0 Å². The molecule has 0 bridgehead atoms. The number of carbonyl (C=O) groups excluding carboxylic acids is 2. The largest absolute Gasteiger partial charge is 0.289 e. The second kappa shape index (κ2) is 3.53. The van der Waals surface area contributed by atoms with Crippen molar-refractivity contribution in [3.63, 3.8) is 0 Å². The molecule has 0 spiro atoms. The highest BCUT2D eigenvalue weighted by Gasteiger charge is 2.36. The molecule has 0 radical (unpaired) electrons. The second-order valence-corrected chi connectivity index (χ2v) is 5.35. The topological polar surface area (TPSA) is 80.3 Å². The van der Waals surface area contributed by atoms with Gasteiger partial charge in [-0.05, 0) is 24.6 Å². The predicted molar refractivity (Wildman–Crippen MR) is 60.2 cm³/mol. The number of carbonyl (C=O) groups is 2. The predicted octanol–water partition coefficient (Wildman–Crippen LogP) is 0.878. The van der Waals surface area contributed by atoms with Crippen molar-refractivity contribution >= 4 is 21.7 Å². The molecule has 0 unspecified atom stereocenters. The Labute approximate surface area is 98.2 Å². The van der Waals surface area contributed by atoms with Crippen LogP contribution in [-0.4, -0.2) is 20.1 Å². The van der Waals surface area contributed by atoms with Crippen molar-refractivity contribution in [3.05, 3.63) is 41.5 Å². The van der Waals surface area contributed by atoms with Crippen molar-refractivity contribution < 1.29 is 18.0 Å². The minimum atomic E-state index is -3.93. The van der Waals surface area contributed by atoms with Gasteiger partial charge in [0.2, 0.25) is 0 Å². The Morgan fingerprint density at radius 2 is 2.00 bits per heavy atom. The van der Waals surface area contributed by atoms with Gasteiger partial charge in [-0.15, -0.1) is 0 Å². The van der Waals surface area contributed by atoms with Crippen LogP contribution < -0.4 is 4.72 Å². The molecule has 0 aromatic heterocycles. The zero-order valence-corrected chi connectivity index (χ0v) is 9.80. The fraction of sp³-hybridized carbons (Fsp3) is 0.0909. The maximum absolute atomic E-state index is 11.8. The molecule has 1 aromatic rings. The Morgan fingerprint density at radius 3 is 2.59 bits per heavy atom. The lowest BCUT2D eigenvalue weighted by Crippen LogP contribution is -2.21. The number of hydrogen-bond donors (Lipinski definition) is 1. The van der Waals surface area contributed by atoms with Crippen molar-refractivity contribution in [2.45, 2.75) is 11.8 Å². The van der Waals surface area contributed by atoms with Gasteiger partial charge in [0.1, 0.15) is 4.90 Å². The molecule has 0 saturated carbocycles. The van der Waals surface area contributed by atoms with Gasteiger partial charge < -0.3 is 0 Å². The number of amides is 1. The highest BCUT2D eigenvalue weighted by atomic mass is 32.2. The maximum atomic E-state index is 11.8. The normalized spacial score (nSPS) is 16.2. The number of sulfonamides is 1. The summed E-state index contributed by atoms with van der Waals surface area (Å²) in [5.41, 5.74) is 0.193. The third-order valence-electron chi connectivity index (χ3n) is 2.39. The van der Waals surface area contributed by atoms with E-state index in [0.29, 0.717) is 0 Å². The third-order valence-corrected chi connectivity index (χ3v) is 3.82. The molecule has 1 aliphatic heterocycles. The lowest BCUT2D eigenvalue weighted by Gasteiger charge is -2.04. The van der Waals surface area contributed by atoms with Gasteiger partial charge >= 0.3 is 0 Å². The van der Waals surface area contributed by atoms with Gasteiger partial charge in [-0.25, -0.2) is 13.1 Å². The fourth-order valence-electron chi connectivity index (χ4n) is 1.64. The molecule has 5 nitrogen and oxygen atoms in total. The number of allylic oxidation sites excluding steroid dienone is 1. The Kier molecular flexibility index (Phi) is 2.39. The summed E-state index contributed by atoms with van der Waals surface area (Å²) in [5.74, 6) is -1.20. The number of benzene rings is 1. The summed E-state index contributed by atoms with van der Waals surface area (Å²) in [6, 6.07) is 4.20. The van der Waals surface area contributed by atoms with Gasteiger partial charge in [0.05, 0.1) is 5.56 Å². The van der Waals surface area contributed by atoms with Crippen LogP contribution in [0.5, 0.6) is 0 Å². The second-order valence-electron chi connectivity index (χ2n) is 3.73. The number of nitrogens with one attached hydrogen (secondary N) is 1. The van der Waals surface area contributed by atoms with E-state index in [1.807, 2.05) is 4.72 Å². The summed E-state index contributed by atoms with van der Waals surface area (Å²) in [7, 11) is -3.93.